The van der Waals surface area contributed by atoms with E-state index in [1.807, 2.05) is 0 Å². The standard InChI is InChI=1S/C13H14FNO3/c1-18-11(16)7-4-8-13(14)9-5-2-3-6-10(9)15-12(13)17/h2-3,5-6H,4,7-8H2,1H3,(H,15,17). The van der Waals surface area contributed by atoms with E-state index in [2.05, 4.69) is 10.1 Å². The predicted molar refractivity (Wildman–Crippen MR) is 63.7 cm³/mol. The summed E-state index contributed by atoms with van der Waals surface area (Å²) in [4.78, 5) is 22.7. The maximum Gasteiger partial charge on any atom is 0.305 e. The van der Waals surface area contributed by atoms with Gasteiger partial charge in [-0.1, -0.05) is 18.2 Å². The van der Waals surface area contributed by atoms with Crippen LogP contribution in [0.3, 0.4) is 0 Å². The fraction of sp³-hybridized carbons (Fsp3) is 0.385. The van der Waals surface area contributed by atoms with Gasteiger partial charge in [0.05, 0.1) is 7.11 Å². The Morgan fingerprint density at radius 2 is 2.17 bits per heavy atom. The van der Waals surface area contributed by atoms with E-state index in [0.717, 1.165) is 0 Å². The van der Waals surface area contributed by atoms with Crippen LogP contribution in [0.4, 0.5) is 10.1 Å². The topological polar surface area (TPSA) is 55.4 Å². The van der Waals surface area contributed by atoms with Crippen molar-refractivity contribution in [2.24, 2.45) is 0 Å². The summed E-state index contributed by atoms with van der Waals surface area (Å²) in [6.45, 7) is 0. The summed E-state index contributed by atoms with van der Waals surface area (Å²) in [6.07, 6.45) is 0.355. The average molecular weight is 251 g/mol. The molecule has 1 aliphatic heterocycles. The molecule has 1 amide bonds. The van der Waals surface area contributed by atoms with Crippen molar-refractivity contribution in [3.8, 4) is 0 Å². The van der Waals surface area contributed by atoms with Gasteiger partial charge in [0.2, 0.25) is 5.67 Å². The van der Waals surface area contributed by atoms with Crippen molar-refractivity contribution in [2.75, 3.05) is 12.4 Å². The van der Waals surface area contributed by atoms with Crippen molar-refractivity contribution < 1.29 is 18.7 Å². The van der Waals surface area contributed by atoms with Crippen LogP contribution in [0.5, 0.6) is 0 Å². The van der Waals surface area contributed by atoms with Gasteiger partial charge in [-0.25, -0.2) is 4.39 Å². The number of alkyl halides is 1. The Bertz CT molecular complexity index is 489. The molecular formula is C13H14FNO3. The summed E-state index contributed by atoms with van der Waals surface area (Å²) in [5, 5.41) is 2.51. The molecule has 1 heterocycles. The highest BCUT2D eigenvalue weighted by atomic mass is 19.1. The minimum absolute atomic E-state index is 0.0229. The van der Waals surface area contributed by atoms with Gasteiger partial charge in [0.15, 0.2) is 0 Å². The highest BCUT2D eigenvalue weighted by molar-refractivity contribution is 6.04. The molecule has 1 aromatic carbocycles. The van der Waals surface area contributed by atoms with Crippen molar-refractivity contribution in [3.63, 3.8) is 0 Å². The summed E-state index contributed by atoms with van der Waals surface area (Å²) in [5.41, 5.74) is -1.19. The number of amides is 1. The Kier molecular flexibility index (Phi) is 3.32. The van der Waals surface area contributed by atoms with E-state index in [9.17, 15) is 14.0 Å². The van der Waals surface area contributed by atoms with Crippen LogP contribution in [0, 0.1) is 0 Å². The van der Waals surface area contributed by atoms with E-state index >= 15 is 0 Å². The Morgan fingerprint density at radius 1 is 1.44 bits per heavy atom. The molecule has 1 atom stereocenters. The normalized spacial score (nSPS) is 21.3. The first-order valence-electron chi connectivity index (χ1n) is 5.74. The molecule has 1 aliphatic rings. The molecule has 1 unspecified atom stereocenters. The summed E-state index contributed by atoms with van der Waals surface area (Å²) in [7, 11) is 1.28. The number of methoxy groups -OCH3 is 1. The largest absolute Gasteiger partial charge is 0.469 e. The van der Waals surface area contributed by atoms with E-state index in [0.29, 0.717) is 11.3 Å². The molecule has 96 valence electrons. The summed E-state index contributed by atoms with van der Waals surface area (Å²) >= 11 is 0. The highest BCUT2D eigenvalue weighted by Crippen LogP contribution is 2.42. The van der Waals surface area contributed by atoms with E-state index in [4.69, 9.17) is 0 Å². The zero-order valence-electron chi connectivity index (χ0n) is 10.0. The molecule has 4 nitrogen and oxygen atoms in total. The van der Waals surface area contributed by atoms with Crippen molar-refractivity contribution in [3.05, 3.63) is 29.8 Å². The number of carbonyl (C=O) groups excluding carboxylic acids is 2. The van der Waals surface area contributed by atoms with Gasteiger partial charge in [0, 0.05) is 17.7 Å². The van der Waals surface area contributed by atoms with Crippen LogP contribution in [-0.4, -0.2) is 19.0 Å². The third-order valence-electron chi connectivity index (χ3n) is 3.09. The molecule has 0 saturated carbocycles. The Labute approximate surface area is 104 Å². The Hall–Kier alpha value is -1.91. The number of nitrogens with one attached hydrogen (secondary N) is 1. The maximum atomic E-state index is 14.7. The van der Waals surface area contributed by atoms with Crippen molar-refractivity contribution in [1.29, 1.82) is 0 Å². The molecule has 0 bridgehead atoms. The molecule has 2 rings (SSSR count). The molecule has 18 heavy (non-hydrogen) atoms. The number of para-hydroxylation sites is 1. The van der Waals surface area contributed by atoms with E-state index in [1.165, 1.54) is 7.11 Å². The lowest BCUT2D eigenvalue weighted by atomic mass is 9.91. The zero-order valence-corrected chi connectivity index (χ0v) is 10.0. The van der Waals surface area contributed by atoms with Crippen molar-refractivity contribution >= 4 is 17.6 Å². The number of benzene rings is 1. The molecule has 1 aromatic rings. The number of carbonyl (C=O) groups is 2. The van der Waals surface area contributed by atoms with Gasteiger partial charge >= 0.3 is 5.97 Å². The lowest BCUT2D eigenvalue weighted by Crippen LogP contribution is -2.29. The van der Waals surface area contributed by atoms with Gasteiger partial charge in [0.1, 0.15) is 0 Å². The summed E-state index contributed by atoms with van der Waals surface area (Å²) < 4.78 is 19.2. The molecule has 0 saturated heterocycles. The predicted octanol–water partition coefficient (Wildman–Crippen LogP) is 2.15. The third-order valence-corrected chi connectivity index (χ3v) is 3.09. The highest BCUT2D eigenvalue weighted by Gasteiger charge is 2.46. The molecule has 0 aliphatic carbocycles. The first-order valence-corrected chi connectivity index (χ1v) is 5.74. The lowest BCUT2D eigenvalue weighted by molar-refractivity contribution is -0.141. The monoisotopic (exact) mass is 251 g/mol. The van der Waals surface area contributed by atoms with Gasteiger partial charge in [-0.15, -0.1) is 0 Å². The number of anilines is 1. The molecule has 0 aromatic heterocycles. The second-order valence-electron chi connectivity index (χ2n) is 4.23. The number of fused-ring (bicyclic) bond motifs is 1. The van der Waals surface area contributed by atoms with Gasteiger partial charge < -0.3 is 10.1 Å². The van der Waals surface area contributed by atoms with Crippen molar-refractivity contribution in [2.45, 2.75) is 24.9 Å². The average Bonchev–Trinajstić information content (AvgIpc) is 2.62. The van der Waals surface area contributed by atoms with Gasteiger partial charge in [-0.2, -0.15) is 0 Å². The van der Waals surface area contributed by atoms with Crippen LogP contribution in [0.25, 0.3) is 0 Å². The van der Waals surface area contributed by atoms with E-state index in [-0.39, 0.29) is 19.3 Å². The SMILES string of the molecule is COC(=O)CCCC1(F)C(=O)Nc2ccccc21. The van der Waals surface area contributed by atoms with Crippen LogP contribution in [0.15, 0.2) is 24.3 Å². The lowest BCUT2D eigenvalue weighted by Gasteiger charge is -2.17. The number of rotatable bonds is 4. The first kappa shape index (κ1) is 12.5. The van der Waals surface area contributed by atoms with Gasteiger partial charge in [-0.3, -0.25) is 9.59 Å². The van der Waals surface area contributed by atoms with Crippen molar-refractivity contribution in [1.82, 2.24) is 0 Å². The first-order chi connectivity index (χ1) is 8.58. The third kappa shape index (κ3) is 2.08. The maximum absolute atomic E-state index is 14.7. The minimum Gasteiger partial charge on any atom is -0.469 e. The smallest absolute Gasteiger partial charge is 0.305 e. The number of halogens is 1. The Morgan fingerprint density at radius 3 is 2.89 bits per heavy atom. The number of ether oxygens (including phenoxy) is 1. The van der Waals surface area contributed by atoms with Gasteiger partial charge in [-0.05, 0) is 18.9 Å². The van der Waals surface area contributed by atoms with Crippen LogP contribution in [-0.2, 0) is 20.0 Å². The molecular weight excluding hydrogens is 237 g/mol. The second kappa shape index (κ2) is 4.76. The van der Waals surface area contributed by atoms with E-state index in [1.54, 1.807) is 24.3 Å². The van der Waals surface area contributed by atoms with Crippen LogP contribution in [0.1, 0.15) is 24.8 Å². The number of hydrogen-bond donors (Lipinski definition) is 1. The minimum atomic E-state index is -2.04. The second-order valence-corrected chi connectivity index (χ2v) is 4.23. The summed E-state index contributed by atoms with van der Waals surface area (Å²) in [5.74, 6) is -1.06. The molecule has 0 fully saturated rings. The Balaban J connectivity index is 2.11. The van der Waals surface area contributed by atoms with Crippen LogP contribution < -0.4 is 5.32 Å². The van der Waals surface area contributed by atoms with Gasteiger partial charge in [0.25, 0.3) is 5.91 Å². The molecule has 0 radical (unpaired) electrons. The quantitative estimate of drug-likeness (QED) is 0.834. The van der Waals surface area contributed by atoms with Crippen LogP contribution >= 0.6 is 0 Å². The number of hydrogen-bond acceptors (Lipinski definition) is 3. The fourth-order valence-corrected chi connectivity index (χ4v) is 2.11. The fourth-order valence-electron chi connectivity index (χ4n) is 2.11. The summed E-state index contributed by atoms with van der Waals surface area (Å²) in [6, 6.07) is 6.67. The molecule has 5 heteroatoms. The molecule has 1 N–H and O–H groups in total. The van der Waals surface area contributed by atoms with Crippen LogP contribution in [0.2, 0.25) is 0 Å². The zero-order chi connectivity index (χ0) is 13.2. The molecule has 0 spiro atoms. The number of esters is 1. The van der Waals surface area contributed by atoms with E-state index < -0.39 is 17.5 Å².